The largest absolute Gasteiger partial charge is 0.619 e. The van der Waals surface area contributed by atoms with Gasteiger partial charge in [-0.3, -0.25) is 14.5 Å². The first-order valence-electron chi connectivity index (χ1n) is 12.1. The molecule has 37 heavy (non-hydrogen) atoms. The quantitative estimate of drug-likeness (QED) is 0.320. The van der Waals surface area contributed by atoms with Crippen molar-refractivity contribution in [1.82, 2.24) is 10.2 Å². The highest BCUT2D eigenvalue weighted by molar-refractivity contribution is 5.93. The van der Waals surface area contributed by atoms with E-state index in [0.717, 1.165) is 45.5 Å². The summed E-state index contributed by atoms with van der Waals surface area (Å²) in [6.45, 7) is 4.90. The van der Waals surface area contributed by atoms with E-state index in [1.165, 1.54) is 24.5 Å². The number of carbonyl (C=O) groups excluding carboxylic acids is 2. The lowest BCUT2D eigenvalue weighted by molar-refractivity contribution is -0.605. The van der Waals surface area contributed by atoms with E-state index in [-0.39, 0.29) is 23.6 Å². The molecule has 1 aliphatic rings. The third-order valence-corrected chi connectivity index (χ3v) is 6.79. The van der Waals surface area contributed by atoms with E-state index in [4.69, 9.17) is 10.8 Å². The Hall–Kier alpha value is -4.24. The Morgan fingerprint density at radius 1 is 1.14 bits per heavy atom. The standard InChI is InChI=1S/C28H30N4O5/c1-17-12-22(26(29)33)9-10-24(17)23-13-19(15-32(37)16-23)14-31-11-3-4-25(31)27(34)30-18(2)20-5-7-21(8-6-20)28(35)36/h5-10,12-13,15-16,18,25H,3-4,11,14H2,1-2H3,(H2,29,33)(H,30,34)(H,35,36)/t18-,25+/m0/s1. The number of benzene rings is 2. The summed E-state index contributed by atoms with van der Waals surface area (Å²) >= 11 is 0. The minimum atomic E-state index is -0.994. The summed E-state index contributed by atoms with van der Waals surface area (Å²) in [4.78, 5) is 37.8. The smallest absolute Gasteiger partial charge is 0.335 e. The fraction of sp³-hybridized carbons (Fsp3) is 0.286. The molecule has 1 fully saturated rings. The number of carboxylic acid groups (broad SMARTS) is 1. The van der Waals surface area contributed by atoms with Crippen LogP contribution >= 0.6 is 0 Å². The summed E-state index contributed by atoms with van der Waals surface area (Å²) in [5.41, 5.74) is 9.96. The summed E-state index contributed by atoms with van der Waals surface area (Å²) in [5.74, 6) is -1.60. The van der Waals surface area contributed by atoms with Crippen LogP contribution in [0.3, 0.4) is 0 Å². The lowest BCUT2D eigenvalue weighted by atomic mass is 9.98. The van der Waals surface area contributed by atoms with Gasteiger partial charge in [0.2, 0.25) is 11.8 Å². The Morgan fingerprint density at radius 3 is 2.49 bits per heavy atom. The molecular weight excluding hydrogens is 472 g/mol. The van der Waals surface area contributed by atoms with Gasteiger partial charge in [0.1, 0.15) is 0 Å². The van der Waals surface area contributed by atoms with Crippen molar-refractivity contribution < 1.29 is 24.2 Å². The molecule has 9 nitrogen and oxygen atoms in total. The molecule has 1 saturated heterocycles. The number of hydrogen-bond donors (Lipinski definition) is 3. The van der Waals surface area contributed by atoms with Crippen LogP contribution in [0.1, 0.15) is 63.2 Å². The fourth-order valence-electron chi connectivity index (χ4n) is 4.84. The van der Waals surface area contributed by atoms with Gasteiger partial charge in [-0.05, 0) is 80.3 Å². The van der Waals surface area contributed by atoms with Crippen molar-refractivity contribution in [2.45, 2.75) is 45.3 Å². The number of pyridine rings is 1. The second kappa shape index (κ2) is 10.8. The van der Waals surface area contributed by atoms with Crippen LogP contribution in [0, 0.1) is 12.1 Å². The lowest BCUT2D eigenvalue weighted by Crippen LogP contribution is -2.44. The Bertz CT molecular complexity index is 1340. The van der Waals surface area contributed by atoms with Crippen LogP contribution < -0.4 is 15.8 Å². The zero-order valence-corrected chi connectivity index (χ0v) is 20.8. The highest BCUT2D eigenvalue weighted by Crippen LogP contribution is 2.26. The summed E-state index contributed by atoms with van der Waals surface area (Å²) in [6, 6.07) is 12.9. The molecule has 1 aromatic heterocycles. The number of carbonyl (C=O) groups is 3. The molecule has 0 aliphatic carbocycles. The maximum Gasteiger partial charge on any atom is 0.335 e. The van der Waals surface area contributed by atoms with Crippen molar-refractivity contribution in [1.29, 1.82) is 0 Å². The second-order valence-electron chi connectivity index (χ2n) is 9.47. The molecule has 2 atom stereocenters. The molecule has 2 aromatic carbocycles. The first-order valence-corrected chi connectivity index (χ1v) is 12.1. The van der Waals surface area contributed by atoms with Gasteiger partial charge in [0.05, 0.1) is 17.6 Å². The van der Waals surface area contributed by atoms with Crippen LogP contribution in [0.2, 0.25) is 0 Å². The summed E-state index contributed by atoms with van der Waals surface area (Å²) in [5, 5.41) is 24.6. The number of nitrogens with one attached hydrogen (secondary N) is 1. The van der Waals surface area contributed by atoms with Crippen molar-refractivity contribution in [3.05, 3.63) is 93.9 Å². The number of aryl methyl sites for hydroxylation is 1. The second-order valence-corrected chi connectivity index (χ2v) is 9.47. The summed E-state index contributed by atoms with van der Waals surface area (Å²) in [7, 11) is 0. The monoisotopic (exact) mass is 502 g/mol. The third-order valence-electron chi connectivity index (χ3n) is 6.79. The topological polar surface area (TPSA) is 140 Å². The van der Waals surface area contributed by atoms with Gasteiger partial charge < -0.3 is 21.4 Å². The van der Waals surface area contributed by atoms with E-state index in [0.29, 0.717) is 18.5 Å². The molecule has 0 unspecified atom stereocenters. The van der Waals surface area contributed by atoms with E-state index in [2.05, 4.69) is 10.2 Å². The van der Waals surface area contributed by atoms with Gasteiger partial charge >= 0.3 is 5.97 Å². The van der Waals surface area contributed by atoms with E-state index in [9.17, 15) is 19.6 Å². The summed E-state index contributed by atoms with van der Waals surface area (Å²) < 4.78 is 0.764. The van der Waals surface area contributed by atoms with Gasteiger partial charge in [0.15, 0.2) is 12.4 Å². The Morgan fingerprint density at radius 2 is 1.84 bits per heavy atom. The average Bonchev–Trinajstić information content (AvgIpc) is 3.31. The molecule has 192 valence electrons. The van der Waals surface area contributed by atoms with E-state index in [1.807, 2.05) is 19.9 Å². The highest BCUT2D eigenvalue weighted by Gasteiger charge is 2.32. The molecule has 0 spiro atoms. The van der Waals surface area contributed by atoms with Gasteiger partial charge in [-0.1, -0.05) is 18.2 Å². The van der Waals surface area contributed by atoms with Crippen LogP contribution in [-0.4, -0.2) is 40.4 Å². The van der Waals surface area contributed by atoms with Crippen LogP contribution in [0.25, 0.3) is 11.1 Å². The minimum Gasteiger partial charge on any atom is -0.619 e. The van der Waals surface area contributed by atoms with E-state index >= 15 is 0 Å². The van der Waals surface area contributed by atoms with E-state index in [1.54, 1.807) is 30.3 Å². The Kier molecular flexibility index (Phi) is 7.54. The van der Waals surface area contributed by atoms with Crippen molar-refractivity contribution in [3.63, 3.8) is 0 Å². The number of amides is 2. The Labute approximate surface area is 215 Å². The number of nitrogens with zero attached hydrogens (tertiary/aromatic N) is 2. The van der Waals surface area contributed by atoms with E-state index < -0.39 is 11.9 Å². The molecule has 4 rings (SSSR count). The first-order chi connectivity index (χ1) is 17.6. The number of aromatic nitrogens is 1. The van der Waals surface area contributed by atoms with Gasteiger partial charge in [-0.15, -0.1) is 0 Å². The fourth-order valence-corrected chi connectivity index (χ4v) is 4.84. The van der Waals surface area contributed by atoms with Crippen LogP contribution in [-0.2, 0) is 11.3 Å². The summed E-state index contributed by atoms with van der Waals surface area (Å²) in [6.07, 6.45) is 4.57. The normalized spacial score (nSPS) is 16.3. The lowest BCUT2D eigenvalue weighted by Gasteiger charge is -2.25. The zero-order valence-electron chi connectivity index (χ0n) is 20.8. The zero-order chi connectivity index (χ0) is 26.7. The third kappa shape index (κ3) is 5.95. The molecule has 3 aromatic rings. The molecular formula is C28H30N4O5. The van der Waals surface area contributed by atoms with Crippen LogP contribution in [0.4, 0.5) is 0 Å². The molecule has 9 heteroatoms. The van der Waals surface area contributed by atoms with Crippen molar-refractivity contribution in [3.8, 4) is 11.1 Å². The number of hydrogen-bond acceptors (Lipinski definition) is 5. The molecule has 0 radical (unpaired) electrons. The van der Waals surface area contributed by atoms with Crippen molar-refractivity contribution in [2.75, 3.05) is 6.54 Å². The number of rotatable bonds is 8. The molecule has 2 amide bonds. The Balaban J connectivity index is 1.47. The minimum absolute atomic E-state index is 0.101. The molecule has 4 N–H and O–H groups in total. The molecule has 0 bridgehead atoms. The SMILES string of the molecule is Cc1cc(C(N)=O)ccc1-c1cc(CN2CCC[C@@H]2C(=O)N[C@@H](C)c2ccc(C(=O)O)cc2)c[n+]([O-])c1. The first kappa shape index (κ1) is 25.8. The highest BCUT2D eigenvalue weighted by atomic mass is 16.5. The average molecular weight is 503 g/mol. The van der Waals surface area contributed by atoms with Gasteiger partial charge in [0, 0.05) is 23.2 Å². The van der Waals surface area contributed by atoms with Crippen LogP contribution in [0.5, 0.6) is 0 Å². The predicted octanol–water partition coefficient (Wildman–Crippen LogP) is 2.93. The van der Waals surface area contributed by atoms with Gasteiger partial charge in [0.25, 0.3) is 0 Å². The maximum absolute atomic E-state index is 13.1. The number of nitrogens with two attached hydrogens (primary N) is 1. The number of carboxylic acids is 1. The van der Waals surface area contributed by atoms with Crippen molar-refractivity contribution in [2.24, 2.45) is 5.73 Å². The predicted molar refractivity (Wildman–Crippen MR) is 137 cm³/mol. The number of primary amides is 1. The van der Waals surface area contributed by atoms with Gasteiger partial charge in [-0.25, -0.2) is 4.79 Å². The van der Waals surface area contributed by atoms with Gasteiger partial charge in [-0.2, -0.15) is 4.73 Å². The van der Waals surface area contributed by atoms with Crippen molar-refractivity contribution >= 4 is 17.8 Å². The number of likely N-dealkylation sites (tertiary alicyclic amines) is 1. The number of aromatic carboxylic acids is 1. The molecule has 0 saturated carbocycles. The molecule has 1 aliphatic heterocycles. The molecule has 2 heterocycles. The maximum atomic E-state index is 13.1. The van der Waals surface area contributed by atoms with Crippen LogP contribution in [0.15, 0.2) is 60.9 Å².